The summed E-state index contributed by atoms with van der Waals surface area (Å²) in [6, 6.07) is 1.97. The first kappa shape index (κ1) is 12.6. The van der Waals surface area contributed by atoms with Gasteiger partial charge < -0.3 is 20.4 Å². The molecule has 0 fully saturated rings. The number of hydrogen-bond donors (Lipinski definition) is 4. The standard InChI is InChI=1S/C14H10O6/c15-6-4-8-10(9(16)5-6)12(17)7-2-1-3-14(19,20)11(7)13(8)18/h1-2,4-5,15-16,19-20H,3H2. The monoisotopic (exact) mass is 274 g/mol. The fraction of sp³-hybridized carbons (Fsp3) is 0.143. The fourth-order valence-corrected chi connectivity index (χ4v) is 2.53. The van der Waals surface area contributed by atoms with E-state index in [2.05, 4.69) is 0 Å². The van der Waals surface area contributed by atoms with Crippen LogP contribution in [-0.4, -0.2) is 37.8 Å². The highest BCUT2D eigenvalue weighted by atomic mass is 16.5. The van der Waals surface area contributed by atoms with E-state index in [0.29, 0.717) is 0 Å². The van der Waals surface area contributed by atoms with Crippen molar-refractivity contribution in [3.63, 3.8) is 0 Å². The van der Waals surface area contributed by atoms with Crippen molar-refractivity contribution in [2.24, 2.45) is 0 Å². The maximum atomic E-state index is 12.3. The summed E-state index contributed by atoms with van der Waals surface area (Å²) in [5.41, 5.74) is -1.06. The van der Waals surface area contributed by atoms with Crippen molar-refractivity contribution >= 4 is 11.6 Å². The minimum absolute atomic E-state index is 0.153. The summed E-state index contributed by atoms with van der Waals surface area (Å²) >= 11 is 0. The van der Waals surface area contributed by atoms with Crippen LogP contribution in [0.2, 0.25) is 0 Å². The molecule has 6 nitrogen and oxygen atoms in total. The SMILES string of the molecule is O=C1C2=C(C=CCC2(O)O)C(=O)c2c(O)cc(O)cc21. The molecule has 2 aliphatic rings. The third-order valence-electron chi connectivity index (χ3n) is 3.40. The first-order chi connectivity index (χ1) is 9.33. The van der Waals surface area contributed by atoms with Crippen LogP contribution < -0.4 is 0 Å². The Morgan fingerprint density at radius 1 is 1.05 bits per heavy atom. The smallest absolute Gasteiger partial charge is 0.198 e. The molecule has 0 spiro atoms. The molecule has 0 heterocycles. The Hall–Kier alpha value is -2.44. The highest BCUT2D eigenvalue weighted by Gasteiger charge is 2.44. The number of aliphatic hydroxyl groups is 2. The van der Waals surface area contributed by atoms with Crippen LogP contribution in [0, 0.1) is 0 Å². The summed E-state index contributed by atoms with van der Waals surface area (Å²) in [5.74, 6) is -4.83. The molecule has 0 bridgehead atoms. The molecule has 0 aromatic heterocycles. The maximum absolute atomic E-state index is 12.3. The van der Waals surface area contributed by atoms with Crippen LogP contribution in [0.25, 0.3) is 0 Å². The number of Topliss-reactive ketones (excluding diaryl/α,β-unsaturated/α-hetero) is 2. The molecule has 0 saturated heterocycles. The van der Waals surface area contributed by atoms with Crippen LogP contribution >= 0.6 is 0 Å². The number of benzene rings is 1. The van der Waals surface area contributed by atoms with E-state index in [1.165, 1.54) is 12.2 Å². The lowest BCUT2D eigenvalue weighted by molar-refractivity contribution is -0.123. The number of rotatable bonds is 0. The van der Waals surface area contributed by atoms with Crippen LogP contribution in [0.4, 0.5) is 0 Å². The summed E-state index contributed by atoms with van der Waals surface area (Å²) in [6.07, 6.45) is 2.48. The minimum atomic E-state index is -2.43. The van der Waals surface area contributed by atoms with Gasteiger partial charge in [-0.2, -0.15) is 0 Å². The molecular formula is C14H10O6. The van der Waals surface area contributed by atoms with Crippen molar-refractivity contribution in [2.45, 2.75) is 12.2 Å². The number of phenols is 2. The third-order valence-corrected chi connectivity index (χ3v) is 3.40. The van der Waals surface area contributed by atoms with Crippen molar-refractivity contribution in [1.29, 1.82) is 0 Å². The number of hydrogen-bond acceptors (Lipinski definition) is 6. The van der Waals surface area contributed by atoms with E-state index in [1.54, 1.807) is 0 Å². The van der Waals surface area contributed by atoms with Gasteiger partial charge >= 0.3 is 0 Å². The second-order valence-corrected chi connectivity index (χ2v) is 4.76. The van der Waals surface area contributed by atoms with Crippen molar-refractivity contribution in [3.8, 4) is 11.5 Å². The molecule has 3 rings (SSSR count). The maximum Gasteiger partial charge on any atom is 0.198 e. The van der Waals surface area contributed by atoms with Crippen LogP contribution in [-0.2, 0) is 0 Å². The lowest BCUT2D eigenvalue weighted by atomic mass is 9.77. The molecule has 0 atom stereocenters. The molecule has 0 saturated carbocycles. The third kappa shape index (κ3) is 1.52. The van der Waals surface area contributed by atoms with Gasteiger partial charge in [0, 0.05) is 23.6 Å². The topological polar surface area (TPSA) is 115 Å². The van der Waals surface area contributed by atoms with Gasteiger partial charge in [0.05, 0.1) is 11.1 Å². The zero-order valence-electron chi connectivity index (χ0n) is 10.1. The Bertz CT molecular complexity index is 723. The Balaban J connectivity index is 2.34. The second kappa shape index (κ2) is 3.78. The molecule has 2 aliphatic carbocycles. The first-order valence-electron chi connectivity index (χ1n) is 5.84. The summed E-state index contributed by atoms with van der Waals surface area (Å²) in [5, 5.41) is 38.9. The van der Waals surface area contributed by atoms with Gasteiger partial charge in [-0.05, 0) is 6.07 Å². The molecular weight excluding hydrogens is 264 g/mol. The quantitative estimate of drug-likeness (QED) is 0.509. The number of carbonyl (C=O) groups excluding carboxylic acids is 2. The normalized spacial score (nSPS) is 19.9. The van der Waals surface area contributed by atoms with Gasteiger partial charge in [-0.15, -0.1) is 0 Å². The molecule has 4 N–H and O–H groups in total. The van der Waals surface area contributed by atoms with E-state index in [0.717, 1.165) is 12.1 Å². The van der Waals surface area contributed by atoms with E-state index >= 15 is 0 Å². The number of phenolic OH excluding ortho intramolecular Hbond substituents is 2. The largest absolute Gasteiger partial charge is 0.508 e. The number of fused-ring (bicyclic) bond motifs is 1. The predicted octanol–water partition coefficient (Wildman–Crippen LogP) is 0.414. The van der Waals surface area contributed by atoms with E-state index in [1.807, 2.05) is 0 Å². The lowest BCUT2D eigenvalue weighted by Crippen LogP contribution is -2.40. The van der Waals surface area contributed by atoms with Gasteiger partial charge in [-0.25, -0.2) is 0 Å². The second-order valence-electron chi connectivity index (χ2n) is 4.76. The molecule has 1 aromatic rings. The zero-order chi connectivity index (χ0) is 14.7. The van der Waals surface area contributed by atoms with Crippen LogP contribution in [0.3, 0.4) is 0 Å². The van der Waals surface area contributed by atoms with Crippen LogP contribution in [0.5, 0.6) is 11.5 Å². The van der Waals surface area contributed by atoms with Gasteiger partial charge in [0.2, 0.25) is 0 Å². The van der Waals surface area contributed by atoms with Crippen molar-refractivity contribution in [3.05, 3.63) is 46.6 Å². The average molecular weight is 274 g/mol. The van der Waals surface area contributed by atoms with E-state index in [9.17, 15) is 30.0 Å². The van der Waals surface area contributed by atoms with E-state index in [-0.39, 0.29) is 28.9 Å². The fourth-order valence-electron chi connectivity index (χ4n) is 2.53. The van der Waals surface area contributed by atoms with E-state index in [4.69, 9.17) is 0 Å². The summed E-state index contributed by atoms with van der Waals surface area (Å²) in [7, 11) is 0. The number of carbonyl (C=O) groups is 2. The zero-order valence-corrected chi connectivity index (χ0v) is 10.1. The van der Waals surface area contributed by atoms with Crippen LogP contribution in [0.1, 0.15) is 27.1 Å². The van der Waals surface area contributed by atoms with Crippen molar-refractivity contribution in [2.75, 3.05) is 0 Å². The Kier molecular flexibility index (Phi) is 2.38. The molecule has 0 aliphatic heterocycles. The Labute approximate surface area is 112 Å². The number of ketones is 2. The van der Waals surface area contributed by atoms with Crippen molar-refractivity contribution in [1.82, 2.24) is 0 Å². The van der Waals surface area contributed by atoms with Crippen molar-refractivity contribution < 1.29 is 30.0 Å². The highest BCUT2D eigenvalue weighted by molar-refractivity contribution is 6.29. The van der Waals surface area contributed by atoms with Gasteiger partial charge in [0.1, 0.15) is 11.5 Å². The summed E-state index contributed by atoms with van der Waals surface area (Å²) in [4.78, 5) is 24.6. The molecule has 0 amide bonds. The van der Waals surface area contributed by atoms with Gasteiger partial charge in [0.25, 0.3) is 0 Å². The summed E-state index contributed by atoms with van der Waals surface area (Å²) in [6.45, 7) is 0. The molecule has 6 heteroatoms. The van der Waals surface area contributed by atoms with Gasteiger partial charge in [-0.1, -0.05) is 12.2 Å². The Morgan fingerprint density at radius 3 is 2.45 bits per heavy atom. The molecule has 0 unspecified atom stereocenters. The highest BCUT2D eigenvalue weighted by Crippen LogP contribution is 2.40. The predicted molar refractivity (Wildman–Crippen MR) is 66.4 cm³/mol. The van der Waals surface area contributed by atoms with Gasteiger partial charge in [-0.3, -0.25) is 9.59 Å². The minimum Gasteiger partial charge on any atom is -0.508 e. The Morgan fingerprint density at radius 2 is 1.75 bits per heavy atom. The van der Waals surface area contributed by atoms with E-state index < -0.39 is 28.7 Å². The number of allylic oxidation sites excluding steroid dienone is 2. The van der Waals surface area contributed by atoms with Gasteiger partial charge in [0.15, 0.2) is 17.4 Å². The summed E-state index contributed by atoms with van der Waals surface area (Å²) < 4.78 is 0. The lowest BCUT2D eigenvalue weighted by Gasteiger charge is -2.31. The molecule has 102 valence electrons. The average Bonchev–Trinajstić information content (AvgIpc) is 2.33. The molecule has 0 radical (unpaired) electrons. The number of aromatic hydroxyl groups is 2. The first-order valence-corrected chi connectivity index (χ1v) is 5.84. The molecule has 1 aromatic carbocycles. The molecule has 20 heavy (non-hydrogen) atoms. The van der Waals surface area contributed by atoms with Crippen LogP contribution in [0.15, 0.2) is 35.4 Å².